The maximum absolute atomic E-state index is 12.7. The molecule has 1 aromatic heterocycles. The van der Waals surface area contributed by atoms with Gasteiger partial charge in [-0.1, -0.05) is 19.8 Å². The Morgan fingerprint density at radius 3 is 2.70 bits per heavy atom. The molecule has 0 spiro atoms. The van der Waals surface area contributed by atoms with E-state index in [-0.39, 0.29) is 11.9 Å². The van der Waals surface area contributed by atoms with Crippen LogP contribution in [0, 0.1) is 0 Å². The van der Waals surface area contributed by atoms with Crippen molar-refractivity contribution in [3.8, 4) is 0 Å². The lowest BCUT2D eigenvalue weighted by atomic mass is 10.1. The van der Waals surface area contributed by atoms with Crippen molar-refractivity contribution in [3.05, 3.63) is 24.0 Å². The van der Waals surface area contributed by atoms with Gasteiger partial charge in [-0.25, -0.2) is 0 Å². The van der Waals surface area contributed by atoms with Crippen LogP contribution in [0.2, 0.25) is 0 Å². The Labute approximate surface area is 122 Å². The minimum Gasteiger partial charge on any atom is -0.385 e. The molecule has 0 radical (unpaired) electrons. The Hall–Kier alpha value is -1.58. The van der Waals surface area contributed by atoms with Crippen LogP contribution in [0.1, 0.15) is 57.3 Å². The molecular formula is C16H27N3O. The zero-order valence-corrected chi connectivity index (χ0v) is 13.1. The van der Waals surface area contributed by atoms with Gasteiger partial charge in [0.05, 0.1) is 11.3 Å². The van der Waals surface area contributed by atoms with Crippen LogP contribution < -0.4 is 5.32 Å². The quantitative estimate of drug-likeness (QED) is 0.739. The zero-order valence-electron chi connectivity index (χ0n) is 13.1. The van der Waals surface area contributed by atoms with Crippen LogP contribution in [0.4, 0.5) is 5.69 Å². The monoisotopic (exact) mass is 277 g/mol. The van der Waals surface area contributed by atoms with Crippen LogP contribution in [0.3, 0.4) is 0 Å². The van der Waals surface area contributed by atoms with Gasteiger partial charge in [0, 0.05) is 31.5 Å². The average Bonchev–Trinajstić information content (AvgIpc) is 2.43. The number of carbonyl (C=O) groups is 1. The second-order valence-electron chi connectivity index (χ2n) is 5.25. The molecule has 0 bridgehead atoms. The van der Waals surface area contributed by atoms with Crippen LogP contribution >= 0.6 is 0 Å². The molecule has 1 heterocycles. The van der Waals surface area contributed by atoms with Gasteiger partial charge >= 0.3 is 0 Å². The number of hydrogen-bond donors (Lipinski definition) is 1. The molecule has 0 saturated heterocycles. The molecule has 0 saturated carbocycles. The van der Waals surface area contributed by atoms with Crippen molar-refractivity contribution in [3.63, 3.8) is 0 Å². The van der Waals surface area contributed by atoms with E-state index in [9.17, 15) is 4.79 Å². The number of aromatic nitrogens is 1. The van der Waals surface area contributed by atoms with Gasteiger partial charge in [0.25, 0.3) is 5.91 Å². The molecule has 0 aliphatic rings. The number of anilines is 1. The molecule has 0 atom stereocenters. The van der Waals surface area contributed by atoms with Crippen molar-refractivity contribution in [2.45, 2.75) is 53.0 Å². The van der Waals surface area contributed by atoms with Crippen molar-refractivity contribution >= 4 is 11.6 Å². The van der Waals surface area contributed by atoms with E-state index in [1.54, 1.807) is 12.4 Å². The highest BCUT2D eigenvalue weighted by Crippen LogP contribution is 2.18. The Kier molecular flexibility index (Phi) is 7.05. The number of nitrogens with zero attached hydrogens (tertiary/aromatic N) is 2. The highest BCUT2D eigenvalue weighted by Gasteiger charge is 2.20. The molecule has 1 amide bonds. The molecule has 1 rings (SSSR count). The number of hydrogen-bond acceptors (Lipinski definition) is 3. The molecule has 4 nitrogen and oxygen atoms in total. The second-order valence-corrected chi connectivity index (χ2v) is 5.25. The van der Waals surface area contributed by atoms with Gasteiger partial charge in [0.2, 0.25) is 0 Å². The van der Waals surface area contributed by atoms with Gasteiger partial charge in [-0.15, -0.1) is 0 Å². The van der Waals surface area contributed by atoms with Gasteiger partial charge in [-0.05, 0) is 33.3 Å². The molecule has 4 heteroatoms. The number of rotatable bonds is 8. The first kappa shape index (κ1) is 16.5. The molecule has 0 fully saturated rings. The lowest BCUT2D eigenvalue weighted by Crippen LogP contribution is -2.38. The van der Waals surface area contributed by atoms with E-state index in [4.69, 9.17) is 0 Å². The van der Waals surface area contributed by atoms with Crippen molar-refractivity contribution in [2.75, 3.05) is 18.4 Å². The smallest absolute Gasteiger partial charge is 0.257 e. The predicted molar refractivity (Wildman–Crippen MR) is 84.1 cm³/mol. The summed E-state index contributed by atoms with van der Waals surface area (Å²) in [6.45, 7) is 9.93. The third-order valence-electron chi connectivity index (χ3n) is 3.31. The van der Waals surface area contributed by atoms with E-state index in [2.05, 4.69) is 31.1 Å². The molecule has 1 N–H and O–H groups in total. The molecule has 0 aliphatic carbocycles. The third kappa shape index (κ3) is 4.51. The van der Waals surface area contributed by atoms with Crippen molar-refractivity contribution < 1.29 is 4.79 Å². The molecule has 112 valence electrons. The summed E-state index contributed by atoms with van der Waals surface area (Å²) in [5.74, 6) is 0.0696. The first-order chi connectivity index (χ1) is 9.61. The van der Waals surface area contributed by atoms with E-state index in [1.807, 2.05) is 17.9 Å². The summed E-state index contributed by atoms with van der Waals surface area (Å²) in [4.78, 5) is 18.8. The topological polar surface area (TPSA) is 45.2 Å². The first-order valence-corrected chi connectivity index (χ1v) is 7.60. The summed E-state index contributed by atoms with van der Waals surface area (Å²) >= 11 is 0. The second kappa shape index (κ2) is 8.56. The molecule has 0 unspecified atom stereocenters. The third-order valence-corrected chi connectivity index (χ3v) is 3.31. The standard InChI is InChI=1S/C16H27N3O/c1-5-7-8-11-19(13(3)4)16(20)14-12-17-10-9-15(14)18-6-2/h9-10,12-13H,5-8,11H2,1-4H3,(H,17,18). The van der Waals surface area contributed by atoms with Crippen LogP contribution in [0.15, 0.2) is 18.5 Å². The average molecular weight is 277 g/mol. The fourth-order valence-corrected chi connectivity index (χ4v) is 2.19. The van der Waals surface area contributed by atoms with Crippen LogP contribution in [-0.4, -0.2) is 34.9 Å². The Morgan fingerprint density at radius 1 is 1.35 bits per heavy atom. The minimum absolute atomic E-state index is 0.0696. The maximum atomic E-state index is 12.7. The lowest BCUT2D eigenvalue weighted by Gasteiger charge is -2.27. The summed E-state index contributed by atoms with van der Waals surface area (Å²) in [6, 6.07) is 2.07. The van der Waals surface area contributed by atoms with E-state index >= 15 is 0 Å². The van der Waals surface area contributed by atoms with E-state index < -0.39 is 0 Å². The highest BCUT2D eigenvalue weighted by molar-refractivity contribution is 5.99. The Bertz CT molecular complexity index is 418. The predicted octanol–water partition coefficient (Wildman–Crippen LogP) is 3.55. The van der Waals surface area contributed by atoms with E-state index in [0.717, 1.165) is 38.0 Å². The number of amides is 1. The summed E-state index contributed by atoms with van der Waals surface area (Å²) in [6.07, 6.45) is 6.75. The SMILES string of the molecule is CCCCCN(C(=O)c1cnccc1NCC)C(C)C. The van der Waals surface area contributed by atoms with Crippen molar-refractivity contribution in [1.82, 2.24) is 9.88 Å². The number of nitrogens with one attached hydrogen (secondary N) is 1. The summed E-state index contributed by atoms with van der Waals surface area (Å²) in [7, 11) is 0. The summed E-state index contributed by atoms with van der Waals surface area (Å²) < 4.78 is 0. The zero-order chi connectivity index (χ0) is 15.0. The Balaban J connectivity index is 2.88. The van der Waals surface area contributed by atoms with Gasteiger partial charge in [-0.2, -0.15) is 0 Å². The normalized spacial score (nSPS) is 10.7. The fraction of sp³-hybridized carbons (Fsp3) is 0.625. The maximum Gasteiger partial charge on any atom is 0.257 e. The van der Waals surface area contributed by atoms with E-state index in [0.29, 0.717) is 5.56 Å². The van der Waals surface area contributed by atoms with Crippen molar-refractivity contribution in [1.29, 1.82) is 0 Å². The Morgan fingerprint density at radius 2 is 2.10 bits per heavy atom. The summed E-state index contributed by atoms with van der Waals surface area (Å²) in [5.41, 5.74) is 1.54. The van der Waals surface area contributed by atoms with Crippen LogP contribution in [-0.2, 0) is 0 Å². The van der Waals surface area contributed by atoms with Gasteiger partial charge in [0.1, 0.15) is 0 Å². The number of unbranched alkanes of at least 4 members (excludes halogenated alkanes) is 2. The van der Waals surface area contributed by atoms with E-state index in [1.165, 1.54) is 0 Å². The molecule has 0 aromatic carbocycles. The number of carbonyl (C=O) groups excluding carboxylic acids is 1. The first-order valence-electron chi connectivity index (χ1n) is 7.60. The highest BCUT2D eigenvalue weighted by atomic mass is 16.2. The van der Waals surface area contributed by atoms with Gasteiger partial charge in [-0.3, -0.25) is 9.78 Å². The van der Waals surface area contributed by atoms with Gasteiger partial charge < -0.3 is 10.2 Å². The van der Waals surface area contributed by atoms with Gasteiger partial charge in [0.15, 0.2) is 0 Å². The molecule has 0 aliphatic heterocycles. The number of pyridine rings is 1. The molecular weight excluding hydrogens is 250 g/mol. The molecule has 20 heavy (non-hydrogen) atoms. The van der Waals surface area contributed by atoms with Crippen molar-refractivity contribution in [2.24, 2.45) is 0 Å². The molecule has 1 aromatic rings. The largest absolute Gasteiger partial charge is 0.385 e. The summed E-state index contributed by atoms with van der Waals surface area (Å²) in [5, 5.41) is 3.23. The minimum atomic E-state index is 0.0696. The van der Waals surface area contributed by atoms with Crippen LogP contribution in [0.5, 0.6) is 0 Å². The fourth-order valence-electron chi connectivity index (χ4n) is 2.19. The van der Waals surface area contributed by atoms with Crippen LogP contribution in [0.25, 0.3) is 0 Å². The lowest BCUT2D eigenvalue weighted by molar-refractivity contribution is 0.0703.